The molecule has 0 aliphatic heterocycles. The van der Waals surface area contributed by atoms with Gasteiger partial charge in [0, 0.05) is 6.54 Å². The number of carbonyl (C=O) groups excluding carboxylic acids is 1. The minimum absolute atomic E-state index is 0.118. The molecule has 0 rings (SSSR count). The lowest BCUT2D eigenvalue weighted by molar-refractivity contribution is -0.140. The Hall–Kier alpha value is -0.570. The third kappa shape index (κ3) is 6.89. The Morgan fingerprint density at radius 3 is 2.43 bits per heavy atom. The maximum Gasteiger partial charge on any atom is 0.306 e. The number of hydrogen-bond donors (Lipinski definition) is 0. The zero-order chi connectivity index (χ0) is 11.0. The van der Waals surface area contributed by atoms with Gasteiger partial charge in [-0.2, -0.15) is 0 Å². The van der Waals surface area contributed by atoms with Crippen LogP contribution in [-0.4, -0.2) is 37.6 Å². The fourth-order valence-electron chi connectivity index (χ4n) is 1.22. The predicted octanol–water partition coefficient (Wildman–Crippen LogP) is 1.92. The quantitative estimate of drug-likeness (QED) is 0.589. The van der Waals surface area contributed by atoms with E-state index in [2.05, 4.69) is 30.4 Å². The third-order valence-corrected chi connectivity index (χ3v) is 2.33. The molecule has 0 saturated heterocycles. The molecule has 0 amide bonds. The Labute approximate surface area is 87.4 Å². The predicted molar refractivity (Wildman–Crippen MR) is 58.2 cm³/mol. The van der Waals surface area contributed by atoms with E-state index in [9.17, 15) is 4.79 Å². The summed E-state index contributed by atoms with van der Waals surface area (Å²) in [5, 5.41) is 0. The Bertz CT molecular complexity index is 157. The molecular weight excluding hydrogens is 178 g/mol. The van der Waals surface area contributed by atoms with E-state index in [1.807, 2.05) is 0 Å². The van der Waals surface area contributed by atoms with Gasteiger partial charge >= 0.3 is 5.97 Å². The van der Waals surface area contributed by atoms with E-state index >= 15 is 0 Å². The molecule has 0 aliphatic rings. The van der Waals surface area contributed by atoms with Crippen LogP contribution in [-0.2, 0) is 9.53 Å². The Balaban J connectivity index is 3.63. The van der Waals surface area contributed by atoms with Crippen molar-refractivity contribution in [2.24, 2.45) is 5.92 Å². The fourth-order valence-corrected chi connectivity index (χ4v) is 1.22. The average molecular weight is 201 g/mol. The van der Waals surface area contributed by atoms with Gasteiger partial charge in [-0.25, -0.2) is 0 Å². The van der Waals surface area contributed by atoms with Crippen LogP contribution < -0.4 is 0 Å². The summed E-state index contributed by atoms with van der Waals surface area (Å²) in [7, 11) is 1.44. The minimum atomic E-state index is -0.118. The molecule has 0 aromatic carbocycles. The van der Waals surface area contributed by atoms with Crippen LogP contribution in [0.1, 0.15) is 33.6 Å². The SMILES string of the molecule is CCN(CCC(=O)OC)CCC(C)C. The molecule has 0 aromatic rings. The lowest BCUT2D eigenvalue weighted by atomic mass is 10.1. The topological polar surface area (TPSA) is 29.5 Å². The Kier molecular flexibility index (Phi) is 7.48. The second-order valence-electron chi connectivity index (χ2n) is 3.94. The van der Waals surface area contributed by atoms with Gasteiger partial charge in [0.15, 0.2) is 0 Å². The first-order valence-corrected chi connectivity index (χ1v) is 5.39. The average Bonchev–Trinajstić information content (AvgIpc) is 2.17. The molecule has 0 radical (unpaired) electrons. The highest BCUT2D eigenvalue weighted by Crippen LogP contribution is 2.02. The molecule has 0 aliphatic carbocycles. The van der Waals surface area contributed by atoms with Gasteiger partial charge in [-0.15, -0.1) is 0 Å². The highest BCUT2D eigenvalue weighted by Gasteiger charge is 2.06. The van der Waals surface area contributed by atoms with Crippen molar-refractivity contribution < 1.29 is 9.53 Å². The summed E-state index contributed by atoms with van der Waals surface area (Å²) in [6.45, 7) is 9.45. The number of hydrogen-bond acceptors (Lipinski definition) is 3. The number of carbonyl (C=O) groups is 1. The van der Waals surface area contributed by atoms with Crippen molar-refractivity contribution in [2.75, 3.05) is 26.7 Å². The molecule has 3 heteroatoms. The monoisotopic (exact) mass is 201 g/mol. The maximum absolute atomic E-state index is 10.9. The van der Waals surface area contributed by atoms with Gasteiger partial charge in [0.2, 0.25) is 0 Å². The molecule has 0 unspecified atom stereocenters. The zero-order valence-corrected chi connectivity index (χ0v) is 9.88. The second kappa shape index (κ2) is 7.80. The first kappa shape index (κ1) is 13.4. The van der Waals surface area contributed by atoms with Gasteiger partial charge in [0.05, 0.1) is 13.5 Å². The van der Waals surface area contributed by atoms with E-state index in [4.69, 9.17) is 0 Å². The van der Waals surface area contributed by atoms with E-state index in [-0.39, 0.29) is 5.97 Å². The molecule has 0 aromatic heterocycles. The van der Waals surface area contributed by atoms with Gasteiger partial charge in [-0.05, 0) is 25.4 Å². The molecule has 3 nitrogen and oxygen atoms in total. The summed E-state index contributed by atoms with van der Waals surface area (Å²) in [6, 6.07) is 0. The Morgan fingerprint density at radius 1 is 1.36 bits per heavy atom. The van der Waals surface area contributed by atoms with E-state index in [0.717, 1.165) is 25.6 Å². The molecule has 0 atom stereocenters. The van der Waals surface area contributed by atoms with Gasteiger partial charge in [-0.1, -0.05) is 20.8 Å². The molecule has 84 valence electrons. The molecule has 0 N–H and O–H groups in total. The zero-order valence-electron chi connectivity index (χ0n) is 9.88. The molecule has 0 saturated carbocycles. The van der Waals surface area contributed by atoms with Crippen molar-refractivity contribution in [2.45, 2.75) is 33.6 Å². The van der Waals surface area contributed by atoms with Gasteiger partial charge in [-0.3, -0.25) is 4.79 Å². The van der Waals surface area contributed by atoms with Crippen molar-refractivity contribution in [3.8, 4) is 0 Å². The second-order valence-corrected chi connectivity index (χ2v) is 3.94. The first-order chi connectivity index (χ1) is 6.60. The smallest absolute Gasteiger partial charge is 0.306 e. The summed E-state index contributed by atoms with van der Waals surface area (Å²) >= 11 is 0. The molecule has 0 heterocycles. The highest BCUT2D eigenvalue weighted by molar-refractivity contribution is 5.69. The van der Waals surface area contributed by atoms with Crippen molar-refractivity contribution in [1.82, 2.24) is 4.90 Å². The molecule has 0 spiro atoms. The Morgan fingerprint density at radius 2 is 2.00 bits per heavy atom. The van der Waals surface area contributed by atoms with E-state index in [0.29, 0.717) is 6.42 Å². The molecule has 14 heavy (non-hydrogen) atoms. The largest absolute Gasteiger partial charge is 0.469 e. The number of rotatable bonds is 7. The molecule has 0 fully saturated rings. The van der Waals surface area contributed by atoms with E-state index < -0.39 is 0 Å². The van der Waals surface area contributed by atoms with Crippen molar-refractivity contribution in [1.29, 1.82) is 0 Å². The third-order valence-electron chi connectivity index (χ3n) is 2.33. The van der Waals surface area contributed by atoms with Crippen LogP contribution in [0.25, 0.3) is 0 Å². The van der Waals surface area contributed by atoms with E-state index in [1.165, 1.54) is 13.5 Å². The van der Waals surface area contributed by atoms with Crippen LogP contribution in [0.4, 0.5) is 0 Å². The summed E-state index contributed by atoms with van der Waals surface area (Å²) in [5.74, 6) is 0.607. The maximum atomic E-state index is 10.9. The minimum Gasteiger partial charge on any atom is -0.469 e. The summed E-state index contributed by atoms with van der Waals surface area (Å²) in [4.78, 5) is 13.2. The first-order valence-electron chi connectivity index (χ1n) is 5.39. The standard InChI is InChI=1S/C11H23NO2/c1-5-12(8-6-10(2)3)9-7-11(13)14-4/h10H,5-9H2,1-4H3. The lowest BCUT2D eigenvalue weighted by Crippen LogP contribution is -2.28. The van der Waals surface area contributed by atoms with Gasteiger partial charge in [0.25, 0.3) is 0 Å². The van der Waals surface area contributed by atoms with Crippen LogP contribution in [0.5, 0.6) is 0 Å². The highest BCUT2D eigenvalue weighted by atomic mass is 16.5. The van der Waals surface area contributed by atoms with Crippen LogP contribution in [0.15, 0.2) is 0 Å². The summed E-state index contributed by atoms with van der Waals surface area (Å²) in [5.41, 5.74) is 0. The number of ether oxygens (including phenoxy) is 1. The fraction of sp³-hybridized carbons (Fsp3) is 0.909. The normalized spacial score (nSPS) is 11.0. The van der Waals surface area contributed by atoms with Crippen LogP contribution >= 0.6 is 0 Å². The van der Waals surface area contributed by atoms with Crippen molar-refractivity contribution >= 4 is 5.97 Å². The lowest BCUT2D eigenvalue weighted by Gasteiger charge is -2.20. The van der Waals surface area contributed by atoms with Crippen LogP contribution in [0.3, 0.4) is 0 Å². The number of nitrogens with zero attached hydrogens (tertiary/aromatic N) is 1. The number of esters is 1. The molecule has 0 bridgehead atoms. The number of methoxy groups -OCH3 is 1. The van der Waals surface area contributed by atoms with Crippen molar-refractivity contribution in [3.05, 3.63) is 0 Å². The summed E-state index contributed by atoms with van der Waals surface area (Å²) in [6.07, 6.45) is 1.69. The van der Waals surface area contributed by atoms with Crippen LogP contribution in [0, 0.1) is 5.92 Å². The van der Waals surface area contributed by atoms with Crippen molar-refractivity contribution in [3.63, 3.8) is 0 Å². The van der Waals surface area contributed by atoms with Gasteiger partial charge in [0.1, 0.15) is 0 Å². The molecular formula is C11H23NO2. The van der Waals surface area contributed by atoms with E-state index in [1.54, 1.807) is 0 Å². The van der Waals surface area contributed by atoms with Crippen LogP contribution in [0.2, 0.25) is 0 Å². The van der Waals surface area contributed by atoms with Gasteiger partial charge < -0.3 is 9.64 Å². The summed E-state index contributed by atoms with van der Waals surface area (Å²) < 4.78 is 4.61.